The second-order valence-corrected chi connectivity index (χ2v) is 8.74. The Bertz CT molecular complexity index is 1260. The molecule has 1 heterocycles. The number of ether oxygens (including phenoxy) is 2. The fraction of sp³-hybridized carbons (Fsp3) is 0.160. The highest BCUT2D eigenvalue weighted by atomic mass is 35.5. The number of nitrogens with one attached hydrogen (secondary N) is 2. The Labute approximate surface area is 212 Å². The minimum Gasteiger partial charge on any atom is -0.497 e. The molecule has 1 aromatic heterocycles. The summed E-state index contributed by atoms with van der Waals surface area (Å²) < 4.78 is 12.4. The van der Waals surface area contributed by atoms with Crippen molar-refractivity contribution >= 4 is 40.6 Å². The Morgan fingerprint density at radius 2 is 1.49 bits per heavy atom. The van der Waals surface area contributed by atoms with Gasteiger partial charge in [-0.05, 0) is 72.8 Å². The number of thioether (sulfide) groups is 1. The van der Waals surface area contributed by atoms with Crippen LogP contribution in [0.1, 0.15) is 5.82 Å². The number of halogens is 1. The van der Waals surface area contributed by atoms with Gasteiger partial charge in [-0.15, -0.1) is 10.2 Å². The van der Waals surface area contributed by atoms with Gasteiger partial charge < -0.3 is 20.1 Å². The topological polar surface area (TPSA) is 90.3 Å². The third-order valence-electron chi connectivity index (χ3n) is 5.03. The molecule has 0 atom stereocenters. The van der Waals surface area contributed by atoms with Gasteiger partial charge >= 0.3 is 0 Å². The van der Waals surface area contributed by atoms with Crippen LogP contribution in [0, 0.1) is 0 Å². The molecule has 0 aliphatic heterocycles. The van der Waals surface area contributed by atoms with Crippen molar-refractivity contribution in [2.24, 2.45) is 0 Å². The van der Waals surface area contributed by atoms with Crippen LogP contribution in [0.3, 0.4) is 0 Å². The summed E-state index contributed by atoms with van der Waals surface area (Å²) in [5.74, 6) is 2.25. The van der Waals surface area contributed by atoms with Crippen molar-refractivity contribution in [3.05, 3.63) is 83.6 Å². The Morgan fingerprint density at radius 3 is 2.11 bits per heavy atom. The summed E-state index contributed by atoms with van der Waals surface area (Å²) in [5.41, 5.74) is 2.47. The first kappa shape index (κ1) is 24.4. The number of aromatic nitrogens is 3. The molecule has 180 valence electrons. The van der Waals surface area contributed by atoms with Crippen LogP contribution in [-0.4, -0.2) is 40.6 Å². The zero-order chi connectivity index (χ0) is 24.6. The van der Waals surface area contributed by atoms with Crippen LogP contribution in [0.25, 0.3) is 5.69 Å². The van der Waals surface area contributed by atoms with E-state index in [0.717, 1.165) is 22.9 Å². The summed E-state index contributed by atoms with van der Waals surface area (Å²) >= 11 is 7.22. The van der Waals surface area contributed by atoms with E-state index in [-0.39, 0.29) is 11.7 Å². The number of hydrogen-bond acceptors (Lipinski definition) is 7. The lowest BCUT2D eigenvalue weighted by Gasteiger charge is -2.12. The number of anilines is 2. The molecule has 4 rings (SSSR count). The third-order valence-corrected chi connectivity index (χ3v) is 6.21. The normalized spacial score (nSPS) is 10.6. The van der Waals surface area contributed by atoms with Crippen molar-refractivity contribution in [3.8, 4) is 17.2 Å². The first-order valence-electron chi connectivity index (χ1n) is 10.7. The summed E-state index contributed by atoms with van der Waals surface area (Å²) in [6.07, 6.45) is 0. The molecule has 8 nitrogen and oxygen atoms in total. The molecule has 0 spiro atoms. The zero-order valence-electron chi connectivity index (χ0n) is 19.2. The van der Waals surface area contributed by atoms with E-state index in [4.69, 9.17) is 21.1 Å². The largest absolute Gasteiger partial charge is 0.497 e. The van der Waals surface area contributed by atoms with Gasteiger partial charge in [0, 0.05) is 22.1 Å². The maximum Gasteiger partial charge on any atom is 0.234 e. The second-order valence-electron chi connectivity index (χ2n) is 7.36. The number of methoxy groups -OCH3 is 2. The third kappa shape index (κ3) is 6.46. The Kier molecular flexibility index (Phi) is 8.12. The lowest BCUT2D eigenvalue weighted by atomic mass is 10.3. The van der Waals surface area contributed by atoms with Crippen LogP contribution < -0.4 is 20.1 Å². The number of nitrogens with zero attached hydrogens (tertiary/aromatic N) is 3. The standard InChI is InChI=1S/C25H24ClN5O3S/c1-33-21-11-7-18(8-12-21)27-15-23-29-30-25(31(23)20-9-13-22(34-2)14-10-20)35-16-24(32)28-19-5-3-17(26)4-6-19/h3-14,27H,15-16H2,1-2H3,(H,28,32). The molecule has 0 aliphatic carbocycles. The lowest BCUT2D eigenvalue weighted by Crippen LogP contribution is -2.14. The Hall–Kier alpha value is -3.69. The van der Waals surface area contributed by atoms with Crippen molar-refractivity contribution < 1.29 is 14.3 Å². The minimum absolute atomic E-state index is 0.153. The van der Waals surface area contributed by atoms with Gasteiger partial charge in [-0.1, -0.05) is 23.4 Å². The van der Waals surface area contributed by atoms with Gasteiger partial charge in [0.05, 0.1) is 26.5 Å². The smallest absolute Gasteiger partial charge is 0.234 e. The Balaban J connectivity index is 1.50. The molecule has 0 radical (unpaired) electrons. The fourth-order valence-electron chi connectivity index (χ4n) is 3.25. The molecule has 0 bridgehead atoms. The second kappa shape index (κ2) is 11.6. The average Bonchev–Trinajstić information content (AvgIpc) is 3.30. The van der Waals surface area contributed by atoms with E-state index in [2.05, 4.69) is 20.8 Å². The first-order chi connectivity index (χ1) is 17.1. The molecule has 0 saturated heterocycles. The highest BCUT2D eigenvalue weighted by Gasteiger charge is 2.16. The van der Waals surface area contributed by atoms with Crippen molar-refractivity contribution in [2.75, 3.05) is 30.6 Å². The average molecular weight is 510 g/mol. The van der Waals surface area contributed by atoms with Gasteiger partial charge in [0.25, 0.3) is 0 Å². The van der Waals surface area contributed by atoms with Crippen LogP contribution in [0.15, 0.2) is 78.0 Å². The number of rotatable bonds is 10. The molecule has 0 unspecified atom stereocenters. The summed E-state index contributed by atoms with van der Waals surface area (Å²) in [6.45, 7) is 0.433. The predicted octanol–water partition coefficient (Wildman–Crippen LogP) is 5.28. The van der Waals surface area contributed by atoms with Crippen LogP contribution in [-0.2, 0) is 11.3 Å². The van der Waals surface area contributed by atoms with Crippen molar-refractivity contribution in [2.45, 2.75) is 11.7 Å². The molecule has 0 fully saturated rings. The highest BCUT2D eigenvalue weighted by Crippen LogP contribution is 2.25. The minimum atomic E-state index is -0.153. The molecule has 2 N–H and O–H groups in total. The number of carbonyl (C=O) groups is 1. The van der Waals surface area contributed by atoms with E-state index >= 15 is 0 Å². The monoisotopic (exact) mass is 509 g/mol. The predicted molar refractivity (Wildman–Crippen MR) is 139 cm³/mol. The molecule has 0 aliphatic rings. The van der Waals surface area contributed by atoms with Crippen molar-refractivity contribution in [3.63, 3.8) is 0 Å². The summed E-state index contributed by atoms with van der Waals surface area (Å²) in [6, 6.07) is 22.2. The van der Waals surface area contributed by atoms with Crippen LogP contribution in [0.2, 0.25) is 5.02 Å². The summed E-state index contributed by atoms with van der Waals surface area (Å²) in [4.78, 5) is 12.5. The van der Waals surface area contributed by atoms with E-state index in [1.54, 1.807) is 38.5 Å². The van der Waals surface area contributed by atoms with Crippen LogP contribution in [0.4, 0.5) is 11.4 Å². The fourth-order valence-corrected chi connectivity index (χ4v) is 4.15. The van der Waals surface area contributed by atoms with Gasteiger partial charge in [0.15, 0.2) is 11.0 Å². The first-order valence-corrected chi connectivity index (χ1v) is 12.1. The maximum atomic E-state index is 12.5. The molecular weight excluding hydrogens is 486 g/mol. The van der Waals surface area contributed by atoms with E-state index in [0.29, 0.717) is 28.2 Å². The highest BCUT2D eigenvalue weighted by molar-refractivity contribution is 7.99. The molecule has 1 amide bonds. The molecular formula is C25H24ClN5O3S. The van der Waals surface area contributed by atoms with E-state index in [1.165, 1.54) is 11.8 Å². The number of benzene rings is 3. The van der Waals surface area contributed by atoms with Gasteiger partial charge in [0.1, 0.15) is 11.5 Å². The summed E-state index contributed by atoms with van der Waals surface area (Å²) in [5, 5.41) is 16.2. The number of carbonyl (C=O) groups excluding carboxylic acids is 1. The molecule has 3 aromatic carbocycles. The van der Waals surface area contributed by atoms with Gasteiger partial charge in [-0.3, -0.25) is 9.36 Å². The zero-order valence-corrected chi connectivity index (χ0v) is 20.8. The quantitative estimate of drug-likeness (QED) is 0.281. The van der Waals surface area contributed by atoms with Crippen molar-refractivity contribution in [1.29, 1.82) is 0 Å². The molecule has 0 saturated carbocycles. The summed E-state index contributed by atoms with van der Waals surface area (Å²) in [7, 11) is 3.26. The van der Waals surface area contributed by atoms with E-state index in [9.17, 15) is 4.79 Å². The van der Waals surface area contributed by atoms with Crippen LogP contribution in [0.5, 0.6) is 11.5 Å². The van der Waals surface area contributed by atoms with E-state index in [1.807, 2.05) is 53.1 Å². The molecule has 4 aromatic rings. The molecule has 10 heteroatoms. The lowest BCUT2D eigenvalue weighted by molar-refractivity contribution is -0.113. The van der Waals surface area contributed by atoms with Gasteiger partial charge in [-0.25, -0.2) is 0 Å². The van der Waals surface area contributed by atoms with Crippen LogP contribution >= 0.6 is 23.4 Å². The SMILES string of the molecule is COc1ccc(NCc2nnc(SCC(=O)Nc3ccc(Cl)cc3)n2-c2ccc(OC)cc2)cc1. The maximum absolute atomic E-state index is 12.5. The number of hydrogen-bond donors (Lipinski definition) is 2. The Morgan fingerprint density at radius 1 is 0.886 bits per heavy atom. The van der Waals surface area contributed by atoms with E-state index < -0.39 is 0 Å². The van der Waals surface area contributed by atoms with Gasteiger partial charge in [0.2, 0.25) is 5.91 Å². The van der Waals surface area contributed by atoms with Crippen molar-refractivity contribution in [1.82, 2.24) is 14.8 Å². The van der Waals surface area contributed by atoms with Gasteiger partial charge in [-0.2, -0.15) is 0 Å². The molecule has 35 heavy (non-hydrogen) atoms. The number of amides is 1.